The zero-order valence-electron chi connectivity index (χ0n) is 13.0. The highest BCUT2D eigenvalue weighted by molar-refractivity contribution is 5.77. The van der Waals surface area contributed by atoms with Gasteiger partial charge in [-0.15, -0.1) is 0 Å². The van der Waals surface area contributed by atoms with E-state index in [-0.39, 0.29) is 17.4 Å². The van der Waals surface area contributed by atoms with E-state index in [0.717, 1.165) is 11.3 Å². The molecule has 0 unspecified atom stereocenters. The van der Waals surface area contributed by atoms with Gasteiger partial charge in [0.25, 0.3) is 0 Å². The molecule has 5 heteroatoms. The van der Waals surface area contributed by atoms with Gasteiger partial charge < -0.3 is 5.32 Å². The van der Waals surface area contributed by atoms with Crippen molar-refractivity contribution < 1.29 is 4.79 Å². The maximum Gasteiger partial charge on any atom is 0.220 e. The Balaban J connectivity index is 2.00. The standard InChI is InChI=1S/C16H22N4O/c1-12(19-15(21)9-16(2,3)4)13-5-7-14(8-6-13)20-11-17-10-18-20/h5-8,10-12H,9H2,1-4H3,(H,19,21)/t12-/m1/s1. The highest BCUT2D eigenvalue weighted by atomic mass is 16.1. The van der Waals surface area contributed by atoms with Crippen LogP contribution in [0.25, 0.3) is 5.69 Å². The molecule has 1 N–H and O–H groups in total. The molecule has 1 amide bonds. The lowest BCUT2D eigenvalue weighted by Crippen LogP contribution is -2.29. The molecule has 112 valence electrons. The van der Waals surface area contributed by atoms with Crippen molar-refractivity contribution in [2.75, 3.05) is 0 Å². The van der Waals surface area contributed by atoms with Crippen molar-refractivity contribution in [3.8, 4) is 5.69 Å². The number of amides is 1. The molecule has 0 fully saturated rings. The Morgan fingerprint density at radius 1 is 1.29 bits per heavy atom. The van der Waals surface area contributed by atoms with Gasteiger partial charge in [0.15, 0.2) is 0 Å². The third-order valence-corrected chi connectivity index (χ3v) is 3.14. The van der Waals surface area contributed by atoms with Crippen molar-refractivity contribution in [3.63, 3.8) is 0 Å². The monoisotopic (exact) mass is 286 g/mol. The van der Waals surface area contributed by atoms with Crippen LogP contribution in [0, 0.1) is 5.41 Å². The predicted molar refractivity (Wildman–Crippen MR) is 82.0 cm³/mol. The molecule has 0 bridgehead atoms. The molecule has 1 atom stereocenters. The van der Waals surface area contributed by atoms with Crippen molar-refractivity contribution in [2.24, 2.45) is 5.41 Å². The molecule has 1 aromatic heterocycles. The van der Waals surface area contributed by atoms with Crippen molar-refractivity contribution in [3.05, 3.63) is 42.5 Å². The Hall–Kier alpha value is -2.17. The number of hydrogen-bond acceptors (Lipinski definition) is 3. The third-order valence-electron chi connectivity index (χ3n) is 3.14. The van der Waals surface area contributed by atoms with Crippen LogP contribution in [-0.2, 0) is 4.79 Å². The van der Waals surface area contributed by atoms with Crippen molar-refractivity contribution >= 4 is 5.91 Å². The van der Waals surface area contributed by atoms with Crippen molar-refractivity contribution in [2.45, 2.75) is 40.2 Å². The highest BCUT2D eigenvalue weighted by Crippen LogP contribution is 2.20. The fourth-order valence-electron chi connectivity index (χ4n) is 2.11. The van der Waals surface area contributed by atoms with E-state index in [1.807, 2.05) is 31.2 Å². The summed E-state index contributed by atoms with van der Waals surface area (Å²) in [7, 11) is 0. The second kappa shape index (κ2) is 6.08. The van der Waals surface area contributed by atoms with E-state index >= 15 is 0 Å². The zero-order chi connectivity index (χ0) is 15.5. The number of carbonyl (C=O) groups is 1. The van der Waals surface area contributed by atoms with Crippen LogP contribution in [0.4, 0.5) is 0 Å². The van der Waals surface area contributed by atoms with Crippen LogP contribution in [-0.4, -0.2) is 20.7 Å². The first-order chi connectivity index (χ1) is 9.85. The van der Waals surface area contributed by atoms with Crippen molar-refractivity contribution in [1.82, 2.24) is 20.1 Å². The van der Waals surface area contributed by atoms with E-state index in [1.165, 1.54) is 6.33 Å². The van der Waals surface area contributed by atoms with Gasteiger partial charge >= 0.3 is 0 Å². The second-order valence-corrected chi connectivity index (χ2v) is 6.46. The first-order valence-corrected chi connectivity index (χ1v) is 7.09. The Morgan fingerprint density at radius 3 is 2.48 bits per heavy atom. The average molecular weight is 286 g/mol. The smallest absolute Gasteiger partial charge is 0.220 e. The van der Waals surface area contributed by atoms with Crippen LogP contribution in [0.3, 0.4) is 0 Å². The molecule has 0 saturated carbocycles. The number of rotatable bonds is 4. The van der Waals surface area contributed by atoms with Gasteiger partial charge in [0.2, 0.25) is 5.91 Å². The molecule has 5 nitrogen and oxygen atoms in total. The molecule has 1 heterocycles. The summed E-state index contributed by atoms with van der Waals surface area (Å²) in [5, 5.41) is 7.12. The molecule has 0 aliphatic rings. The Morgan fingerprint density at radius 2 is 1.95 bits per heavy atom. The first kappa shape index (κ1) is 15.2. The summed E-state index contributed by atoms with van der Waals surface area (Å²) < 4.78 is 1.70. The molecule has 0 aliphatic carbocycles. The largest absolute Gasteiger partial charge is 0.350 e. The zero-order valence-corrected chi connectivity index (χ0v) is 13.0. The van der Waals surface area contributed by atoms with E-state index in [4.69, 9.17) is 0 Å². The second-order valence-electron chi connectivity index (χ2n) is 6.46. The third kappa shape index (κ3) is 4.41. The lowest BCUT2D eigenvalue weighted by atomic mass is 9.91. The van der Waals surface area contributed by atoms with Gasteiger partial charge in [0, 0.05) is 6.42 Å². The maximum absolute atomic E-state index is 12.0. The van der Waals surface area contributed by atoms with E-state index in [1.54, 1.807) is 11.0 Å². The summed E-state index contributed by atoms with van der Waals surface area (Å²) in [6, 6.07) is 7.93. The van der Waals surface area contributed by atoms with Gasteiger partial charge in [-0.05, 0) is 30.0 Å². The number of nitrogens with one attached hydrogen (secondary N) is 1. The molecular weight excluding hydrogens is 264 g/mol. The van der Waals surface area contributed by atoms with Gasteiger partial charge in [0.05, 0.1) is 11.7 Å². The Kier molecular flexibility index (Phi) is 4.40. The number of aromatic nitrogens is 3. The molecule has 0 saturated heterocycles. The Labute approximate surface area is 125 Å². The fraction of sp³-hybridized carbons (Fsp3) is 0.438. The summed E-state index contributed by atoms with van der Waals surface area (Å²) in [4.78, 5) is 15.9. The van der Waals surface area contributed by atoms with Gasteiger partial charge in [-0.3, -0.25) is 4.79 Å². The molecule has 0 spiro atoms. The maximum atomic E-state index is 12.0. The Bertz CT molecular complexity index is 582. The minimum atomic E-state index is -0.00959. The number of nitrogens with zero attached hydrogens (tertiary/aromatic N) is 3. The highest BCUT2D eigenvalue weighted by Gasteiger charge is 2.17. The number of carbonyl (C=O) groups excluding carboxylic acids is 1. The van der Waals surface area contributed by atoms with Crippen LogP contribution < -0.4 is 5.32 Å². The molecule has 21 heavy (non-hydrogen) atoms. The molecular formula is C16H22N4O. The van der Waals surface area contributed by atoms with E-state index < -0.39 is 0 Å². The van der Waals surface area contributed by atoms with E-state index in [2.05, 4.69) is 36.2 Å². The van der Waals surface area contributed by atoms with Gasteiger partial charge in [0.1, 0.15) is 12.7 Å². The van der Waals surface area contributed by atoms with Gasteiger partial charge in [-0.25, -0.2) is 9.67 Å². The normalized spacial score (nSPS) is 13.0. The van der Waals surface area contributed by atoms with Crippen LogP contribution in [0.1, 0.15) is 45.7 Å². The predicted octanol–water partition coefficient (Wildman–Crippen LogP) is 2.88. The van der Waals surface area contributed by atoms with Crippen LogP contribution in [0.5, 0.6) is 0 Å². The summed E-state index contributed by atoms with van der Waals surface area (Å²) in [5.74, 6) is 0.0790. The van der Waals surface area contributed by atoms with Crippen molar-refractivity contribution in [1.29, 1.82) is 0 Å². The topological polar surface area (TPSA) is 59.8 Å². The summed E-state index contributed by atoms with van der Waals surface area (Å²) in [6.07, 6.45) is 3.68. The quantitative estimate of drug-likeness (QED) is 0.940. The first-order valence-electron chi connectivity index (χ1n) is 7.09. The molecule has 0 radical (unpaired) electrons. The minimum absolute atomic E-state index is 0.000747. The van der Waals surface area contributed by atoms with Crippen LogP contribution in [0.15, 0.2) is 36.9 Å². The average Bonchev–Trinajstić information content (AvgIpc) is 2.90. The van der Waals surface area contributed by atoms with E-state index in [0.29, 0.717) is 6.42 Å². The molecule has 0 aliphatic heterocycles. The number of benzene rings is 1. The molecule has 1 aromatic carbocycles. The lowest BCUT2D eigenvalue weighted by molar-refractivity contribution is -0.123. The fourth-order valence-corrected chi connectivity index (χ4v) is 2.11. The van der Waals surface area contributed by atoms with Crippen LogP contribution >= 0.6 is 0 Å². The van der Waals surface area contributed by atoms with Gasteiger partial charge in [-0.2, -0.15) is 5.10 Å². The molecule has 2 rings (SSSR count). The molecule has 2 aromatic rings. The SMILES string of the molecule is C[C@@H](NC(=O)CC(C)(C)C)c1ccc(-n2cncn2)cc1. The number of hydrogen-bond donors (Lipinski definition) is 1. The van der Waals surface area contributed by atoms with Gasteiger partial charge in [-0.1, -0.05) is 32.9 Å². The lowest BCUT2D eigenvalue weighted by Gasteiger charge is -2.20. The summed E-state index contributed by atoms with van der Waals surface area (Å²) in [6.45, 7) is 8.17. The van der Waals surface area contributed by atoms with Crippen LogP contribution in [0.2, 0.25) is 0 Å². The van der Waals surface area contributed by atoms with E-state index in [9.17, 15) is 4.79 Å². The summed E-state index contributed by atoms with van der Waals surface area (Å²) in [5.41, 5.74) is 2.02. The minimum Gasteiger partial charge on any atom is -0.350 e. The summed E-state index contributed by atoms with van der Waals surface area (Å²) >= 11 is 0.